The van der Waals surface area contributed by atoms with Gasteiger partial charge in [-0.15, -0.1) is 0 Å². The number of rotatable bonds is 6. The molecular weight excluding hydrogens is 741 g/mol. The van der Waals surface area contributed by atoms with Crippen molar-refractivity contribution >= 4 is 54.3 Å². The average Bonchev–Trinajstić information content (AvgIpc) is 3.72. The van der Waals surface area contributed by atoms with E-state index < -0.39 is 0 Å². The highest BCUT2D eigenvalue weighted by Crippen LogP contribution is 2.40. The molecule has 0 N–H and O–H groups in total. The van der Waals surface area contributed by atoms with Crippen LogP contribution in [-0.2, 0) is 0 Å². The van der Waals surface area contributed by atoms with Crippen molar-refractivity contribution in [2.24, 2.45) is 0 Å². The van der Waals surface area contributed by atoms with Crippen LogP contribution in [0.5, 0.6) is 0 Å². The molecule has 10 aromatic carbocycles. The fourth-order valence-electron chi connectivity index (χ4n) is 9.02. The van der Waals surface area contributed by atoms with Crippen molar-refractivity contribution in [3.63, 3.8) is 0 Å². The summed E-state index contributed by atoms with van der Waals surface area (Å²) in [5.41, 5.74) is 13.6. The van der Waals surface area contributed by atoms with E-state index in [0.717, 1.165) is 72.3 Å². The number of fused-ring (bicyclic) bond motifs is 7. The molecule has 0 saturated carbocycles. The molecule has 0 unspecified atom stereocenters. The second kappa shape index (κ2) is 14.3. The molecular formula is C58H36N2O. The van der Waals surface area contributed by atoms with Crippen LogP contribution in [0.1, 0.15) is 0 Å². The third-order valence-electron chi connectivity index (χ3n) is 12.1. The molecule has 12 aromatic rings. The number of furan rings is 1. The Morgan fingerprint density at radius 2 is 0.836 bits per heavy atom. The Labute approximate surface area is 352 Å². The molecule has 0 atom stereocenters. The van der Waals surface area contributed by atoms with Crippen molar-refractivity contribution < 1.29 is 4.42 Å². The van der Waals surface area contributed by atoms with Gasteiger partial charge in [0.2, 0.25) is 0 Å². The van der Waals surface area contributed by atoms with Gasteiger partial charge in [0.05, 0.1) is 11.4 Å². The molecule has 0 bridgehead atoms. The minimum absolute atomic E-state index is 0.693. The zero-order valence-electron chi connectivity index (χ0n) is 33.1. The number of nitrogens with zero attached hydrogens (tertiary/aromatic N) is 2. The van der Waals surface area contributed by atoms with E-state index in [-0.39, 0.29) is 0 Å². The van der Waals surface area contributed by atoms with Gasteiger partial charge in [-0.25, -0.2) is 9.97 Å². The van der Waals surface area contributed by atoms with Crippen LogP contribution in [0.3, 0.4) is 0 Å². The Hall–Kier alpha value is -8.14. The van der Waals surface area contributed by atoms with Crippen LogP contribution in [0.4, 0.5) is 0 Å². The van der Waals surface area contributed by atoms with Crippen molar-refractivity contribution in [2.75, 3.05) is 0 Å². The quantitative estimate of drug-likeness (QED) is 0.125. The van der Waals surface area contributed by atoms with Gasteiger partial charge in [0.25, 0.3) is 0 Å². The third kappa shape index (κ3) is 6.14. The van der Waals surface area contributed by atoms with Gasteiger partial charge >= 0.3 is 0 Å². The summed E-state index contributed by atoms with van der Waals surface area (Å²) in [4.78, 5) is 10.3. The average molecular weight is 777 g/mol. The maximum atomic E-state index is 6.12. The Morgan fingerprint density at radius 3 is 1.64 bits per heavy atom. The summed E-state index contributed by atoms with van der Waals surface area (Å²) in [7, 11) is 0. The van der Waals surface area contributed by atoms with Crippen molar-refractivity contribution in [3.05, 3.63) is 218 Å². The van der Waals surface area contributed by atoms with Gasteiger partial charge in [-0.3, -0.25) is 0 Å². The summed E-state index contributed by atoms with van der Waals surface area (Å²) in [6.45, 7) is 0. The minimum Gasteiger partial charge on any atom is -0.456 e. The lowest BCUT2D eigenvalue weighted by Crippen LogP contribution is -1.96. The Morgan fingerprint density at radius 1 is 0.262 bits per heavy atom. The van der Waals surface area contributed by atoms with Gasteiger partial charge in [-0.05, 0) is 102 Å². The molecule has 0 fully saturated rings. The van der Waals surface area contributed by atoms with Crippen LogP contribution >= 0.6 is 0 Å². The first-order chi connectivity index (χ1) is 30.2. The monoisotopic (exact) mass is 776 g/mol. The Balaban J connectivity index is 0.898. The second-order valence-corrected chi connectivity index (χ2v) is 15.7. The lowest BCUT2D eigenvalue weighted by Gasteiger charge is -2.14. The van der Waals surface area contributed by atoms with Gasteiger partial charge in [-0.1, -0.05) is 182 Å². The number of hydrogen-bond acceptors (Lipinski definition) is 3. The van der Waals surface area contributed by atoms with E-state index >= 15 is 0 Å². The van der Waals surface area contributed by atoms with Gasteiger partial charge in [0.15, 0.2) is 5.82 Å². The van der Waals surface area contributed by atoms with Crippen molar-refractivity contribution in [2.45, 2.75) is 0 Å². The molecule has 2 aromatic heterocycles. The third-order valence-corrected chi connectivity index (χ3v) is 12.1. The van der Waals surface area contributed by atoms with Crippen LogP contribution in [0.15, 0.2) is 223 Å². The molecule has 3 heteroatoms. The highest BCUT2D eigenvalue weighted by Gasteiger charge is 2.15. The fourth-order valence-corrected chi connectivity index (χ4v) is 9.02. The first-order valence-corrected chi connectivity index (χ1v) is 20.7. The van der Waals surface area contributed by atoms with Crippen LogP contribution < -0.4 is 0 Å². The summed E-state index contributed by atoms with van der Waals surface area (Å²) < 4.78 is 6.12. The number of hydrogen-bond donors (Lipinski definition) is 0. The maximum Gasteiger partial charge on any atom is 0.160 e. The lowest BCUT2D eigenvalue weighted by atomic mass is 9.89. The smallest absolute Gasteiger partial charge is 0.160 e. The van der Waals surface area contributed by atoms with Crippen LogP contribution in [-0.4, -0.2) is 9.97 Å². The molecule has 0 radical (unpaired) electrons. The predicted octanol–water partition coefficient (Wildman–Crippen LogP) is 15.8. The van der Waals surface area contributed by atoms with E-state index in [1.54, 1.807) is 0 Å². The molecule has 3 nitrogen and oxygen atoms in total. The molecule has 0 spiro atoms. The van der Waals surface area contributed by atoms with Gasteiger partial charge < -0.3 is 4.42 Å². The molecule has 284 valence electrons. The summed E-state index contributed by atoms with van der Waals surface area (Å²) in [6, 6.07) is 77.7. The predicted molar refractivity (Wildman–Crippen MR) is 254 cm³/mol. The van der Waals surface area contributed by atoms with Gasteiger partial charge in [0.1, 0.15) is 11.2 Å². The molecule has 61 heavy (non-hydrogen) atoms. The van der Waals surface area contributed by atoms with E-state index in [4.69, 9.17) is 14.4 Å². The standard InChI is InChI=1S/C58H36N2O/c1-2-12-42(13-3-1)58-59-53(36-54(60-58)46-16-10-15-43(33-46)44-30-32-56-52(34-44)49-19-8-9-20-55(49)61-56)40-25-21-37(22-26-40)38-23-27-41(28-24-38)57-48-18-7-5-14-45(48)35-51-47-17-6-4-11-39(47)29-31-50(51)57/h1-36H. The topological polar surface area (TPSA) is 38.9 Å². The van der Waals surface area contributed by atoms with Crippen molar-refractivity contribution in [1.29, 1.82) is 0 Å². The Kier molecular flexibility index (Phi) is 8.17. The highest BCUT2D eigenvalue weighted by molar-refractivity contribution is 6.20. The molecule has 0 amide bonds. The van der Waals surface area contributed by atoms with E-state index in [2.05, 4.69) is 188 Å². The summed E-state index contributed by atoms with van der Waals surface area (Å²) in [6.07, 6.45) is 0. The molecule has 0 aliphatic heterocycles. The normalized spacial score (nSPS) is 11.6. The summed E-state index contributed by atoms with van der Waals surface area (Å²) in [5, 5.41) is 9.83. The molecule has 12 rings (SSSR count). The minimum atomic E-state index is 0.693. The SMILES string of the molecule is c1ccc(-c2nc(-c3ccc(-c4ccc(-c5c6ccccc6cc6c5ccc5ccccc56)cc4)cc3)cc(-c3cccc(-c4ccc5oc6ccccc6c5c4)c3)n2)cc1. The van der Waals surface area contributed by atoms with E-state index in [0.29, 0.717) is 5.82 Å². The van der Waals surface area contributed by atoms with E-state index in [1.165, 1.54) is 43.4 Å². The van der Waals surface area contributed by atoms with E-state index in [1.807, 2.05) is 30.3 Å². The maximum absolute atomic E-state index is 6.12. The molecule has 0 aliphatic carbocycles. The Bertz CT molecular complexity index is 3620. The first-order valence-electron chi connectivity index (χ1n) is 20.7. The van der Waals surface area contributed by atoms with Crippen LogP contribution in [0.2, 0.25) is 0 Å². The lowest BCUT2D eigenvalue weighted by molar-refractivity contribution is 0.669. The number of aromatic nitrogens is 2. The van der Waals surface area contributed by atoms with Crippen molar-refractivity contribution in [3.8, 4) is 67.3 Å². The number of para-hydroxylation sites is 1. The molecule has 0 aliphatic rings. The largest absolute Gasteiger partial charge is 0.456 e. The molecule has 2 heterocycles. The summed E-state index contributed by atoms with van der Waals surface area (Å²) in [5.74, 6) is 0.693. The van der Waals surface area contributed by atoms with Gasteiger partial charge in [-0.2, -0.15) is 0 Å². The van der Waals surface area contributed by atoms with Crippen LogP contribution in [0.25, 0.3) is 122 Å². The highest BCUT2D eigenvalue weighted by atomic mass is 16.3. The van der Waals surface area contributed by atoms with Crippen molar-refractivity contribution in [1.82, 2.24) is 9.97 Å². The zero-order valence-corrected chi connectivity index (χ0v) is 33.1. The number of benzene rings is 10. The van der Waals surface area contributed by atoms with Gasteiger partial charge in [0, 0.05) is 27.5 Å². The first kappa shape index (κ1) is 34.9. The van der Waals surface area contributed by atoms with E-state index in [9.17, 15) is 0 Å². The zero-order chi connectivity index (χ0) is 40.3. The van der Waals surface area contributed by atoms with Crippen LogP contribution in [0, 0.1) is 0 Å². The summed E-state index contributed by atoms with van der Waals surface area (Å²) >= 11 is 0. The fraction of sp³-hybridized carbons (Fsp3) is 0. The molecule has 0 saturated heterocycles. The second-order valence-electron chi connectivity index (χ2n) is 15.7.